The third-order valence-electron chi connectivity index (χ3n) is 1.24. The Kier molecular flexibility index (Phi) is 1.62. The SMILES string of the molecule is CC=C1CC(=O)NC1=S. The number of hydrogen-bond acceptors (Lipinski definition) is 2. The first-order valence-corrected chi connectivity index (χ1v) is 3.14. The molecule has 0 aromatic rings. The van der Waals surface area contributed by atoms with Crippen LogP contribution >= 0.6 is 12.2 Å². The van der Waals surface area contributed by atoms with Crippen molar-refractivity contribution in [3.8, 4) is 0 Å². The Morgan fingerprint density at radius 1 is 1.78 bits per heavy atom. The number of nitrogens with one attached hydrogen (secondary N) is 1. The normalized spacial score (nSPS) is 23.0. The Hall–Kier alpha value is -0.700. The Balaban J connectivity index is 2.81. The zero-order valence-corrected chi connectivity index (χ0v) is 5.92. The third kappa shape index (κ3) is 1.16. The minimum Gasteiger partial charge on any atom is -0.317 e. The molecule has 1 rings (SSSR count). The molecule has 1 aliphatic heterocycles. The third-order valence-corrected chi connectivity index (χ3v) is 1.61. The van der Waals surface area contributed by atoms with Crippen molar-refractivity contribution in [3.63, 3.8) is 0 Å². The molecule has 3 heteroatoms. The van der Waals surface area contributed by atoms with Crippen LogP contribution in [-0.4, -0.2) is 10.9 Å². The molecule has 0 aliphatic carbocycles. The standard InChI is InChI=1S/C6H7NOS/c1-2-4-3-5(8)7-6(4)9/h2H,3H2,1H3,(H,7,8,9). The molecule has 0 radical (unpaired) electrons. The lowest BCUT2D eigenvalue weighted by atomic mass is 10.2. The molecule has 1 amide bonds. The quantitative estimate of drug-likeness (QED) is 0.399. The van der Waals surface area contributed by atoms with E-state index in [9.17, 15) is 4.79 Å². The van der Waals surface area contributed by atoms with Crippen molar-refractivity contribution >= 4 is 23.1 Å². The molecule has 48 valence electrons. The predicted octanol–water partition coefficient (Wildman–Crippen LogP) is 0.780. The first-order valence-electron chi connectivity index (χ1n) is 2.73. The average molecular weight is 141 g/mol. The van der Waals surface area contributed by atoms with E-state index in [0.29, 0.717) is 11.4 Å². The minimum atomic E-state index is 0.00750. The molecule has 0 aromatic heterocycles. The second kappa shape index (κ2) is 2.27. The monoisotopic (exact) mass is 141 g/mol. The van der Waals surface area contributed by atoms with Crippen LogP contribution in [0.2, 0.25) is 0 Å². The number of carbonyl (C=O) groups is 1. The van der Waals surface area contributed by atoms with Crippen molar-refractivity contribution in [1.82, 2.24) is 5.32 Å². The van der Waals surface area contributed by atoms with Crippen LogP contribution in [0.15, 0.2) is 11.6 Å². The van der Waals surface area contributed by atoms with Gasteiger partial charge in [0.1, 0.15) is 4.99 Å². The van der Waals surface area contributed by atoms with Gasteiger partial charge in [-0.1, -0.05) is 18.3 Å². The molecule has 1 heterocycles. The first kappa shape index (κ1) is 6.42. The summed E-state index contributed by atoms with van der Waals surface area (Å²) >= 11 is 4.82. The van der Waals surface area contributed by atoms with Crippen molar-refractivity contribution in [1.29, 1.82) is 0 Å². The highest BCUT2D eigenvalue weighted by Crippen LogP contribution is 2.09. The minimum absolute atomic E-state index is 0.00750. The fraction of sp³-hybridized carbons (Fsp3) is 0.333. The van der Waals surface area contributed by atoms with Crippen molar-refractivity contribution in [2.45, 2.75) is 13.3 Å². The average Bonchev–Trinajstić information content (AvgIpc) is 2.10. The van der Waals surface area contributed by atoms with Crippen LogP contribution in [0.25, 0.3) is 0 Å². The van der Waals surface area contributed by atoms with Crippen molar-refractivity contribution < 1.29 is 4.79 Å². The van der Waals surface area contributed by atoms with Gasteiger partial charge in [0.15, 0.2) is 0 Å². The summed E-state index contributed by atoms with van der Waals surface area (Å²) in [5.41, 5.74) is 0.940. The van der Waals surface area contributed by atoms with Crippen molar-refractivity contribution in [3.05, 3.63) is 11.6 Å². The van der Waals surface area contributed by atoms with E-state index in [0.717, 1.165) is 5.57 Å². The van der Waals surface area contributed by atoms with E-state index in [1.807, 2.05) is 13.0 Å². The fourth-order valence-electron chi connectivity index (χ4n) is 0.738. The van der Waals surface area contributed by atoms with Gasteiger partial charge in [0, 0.05) is 0 Å². The molecule has 9 heavy (non-hydrogen) atoms. The molecule has 1 fully saturated rings. The fourth-order valence-corrected chi connectivity index (χ4v) is 1.04. The van der Waals surface area contributed by atoms with Crippen LogP contribution in [0, 0.1) is 0 Å². The van der Waals surface area contributed by atoms with E-state index in [-0.39, 0.29) is 5.91 Å². The zero-order valence-electron chi connectivity index (χ0n) is 5.10. The van der Waals surface area contributed by atoms with Crippen LogP contribution in [0.1, 0.15) is 13.3 Å². The number of carbonyl (C=O) groups excluding carboxylic acids is 1. The molecule has 0 spiro atoms. The number of rotatable bonds is 0. The summed E-state index contributed by atoms with van der Waals surface area (Å²) in [5, 5.41) is 2.54. The summed E-state index contributed by atoms with van der Waals surface area (Å²) in [6, 6.07) is 0. The highest BCUT2D eigenvalue weighted by atomic mass is 32.1. The molecule has 0 saturated carbocycles. The van der Waals surface area contributed by atoms with Crippen LogP contribution in [0.4, 0.5) is 0 Å². The largest absolute Gasteiger partial charge is 0.317 e. The summed E-state index contributed by atoms with van der Waals surface area (Å²) in [6.07, 6.45) is 2.32. The number of allylic oxidation sites excluding steroid dienone is 1. The van der Waals surface area contributed by atoms with Crippen molar-refractivity contribution in [2.24, 2.45) is 0 Å². The van der Waals surface area contributed by atoms with E-state index in [4.69, 9.17) is 12.2 Å². The van der Waals surface area contributed by atoms with E-state index in [1.165, 1.54) is 0 Å². The van der Waals surface area contributed by atoms with Gasteiger partial charge in [0.25, 0.3) is 0 Å². The molecule has 0 atom stereocenters. The van der Waals surface area contributed by atoms with Gasteiger partial charge in [-0.3, -0.25) is 4.79 Å². The van der Waals surface area contributed by atoms with Gasteiger partial charge in [0.05, 0.1) is 6.42 Å². The van der Waals surface area contributed by atoms with Crippen molar-refractivity contribution in [2.75, 3.05) is 0 Å². The maximum absolute atomic E-state index is 10.6. The first-order chi connectivity index (χ1) is 4.24. The maximum Gasteiger partial charge on any atom is 0.229 e. The Morgan fingerprint density at radius 2 is 2.44 bits per heavy atom. The summed E-state index contributed by atoms with van der Waals surface area (Å²) in [5.74, 6) is 0.00750. The summed E-state index contributed by atoms with van der Waals surface area (Å²) in [6.45, 7) is 1.88. The molecule has 1 N–H and O–H groups in total. The zero-order chi connectivity index (χ0) is 6.85. The molecule has 0 unspecified atom stereocenters. The van der Waals surface area contributed by atoms with E-state index in [2.05, 4.69) is 5.32 Å². The van der Waals surface area contributed by atoms with Crippen LogP contribution < -0.4 is 5.32 Å². The summed E-state index contributed by atoms with van der Waals surface area (Å²) in [7, 11) is 0. The van der Waals surface area contributed by atoms with Crippen LogP contribution in [0.5, 0.6) is 0 Å². The highest BCUT2D eigenvalue weighted by Gasteiger charge is 2.18. The predicted molar refractivity (Wildman–Crippen MR) is 39.1 cm³/mol. The molecule has 0 aromatic carbocycles. The molecular formula is C6H7NOS. The lowest BCUT2D eigenvalue weighted by Gasteiger charge is -1.88. The van der Waals surface area contributed by atoms with Gasteiger partial charge < -0.3 is 5.32 Å². The summed E-state index contributed by atoms with van der Waals surface area (Å²) in [4.78, 5) is 11.2. The topological polar surface area (TPSA) is 29.1 Å². The van der Waals surface area contributed by atoms with Gasteiger partial charge in [0.2, 0.25) is 5.91 Å². The Labute approximate surface area is 58.9 Å². The van der Waals surface area contributed by atoms with E-state index in [1.54, 1.807) is 0 Å². The molecule has 2 nitrogen and oxygen atoms in total. The van der Waals surface area contributed by atoms with Gasteiger partial charge >= 0.3 is 0 Å². The van der Waals surface area contributed by atoms with E-state index < -0.39 is 0 Å². The second-order valence-corrected chi connectivity index (χ2v) is 2.28. The van der Waals surface area contributed by atoms with Gasteiger partial charge in [-0.05, 0) is 12.5 Å². The van der Waals surface area contributed by atoms with Gasteiger partial charge in [-0.2, -0.15) is 0 Å². The number of hydrogen-bond donors (Lipinski definition) is 1. The lowest BCUT2D eigenvalue weighted by molar-refractivity contribution is -0.118. The van der Waals surface area contributed by atoms with Crippen LogP contribution in [0.3, 0.4) is 0 Å². The molecule has 1 saturated heterocycles. The van der Waals surface area contributed by atoms with E-state index >= 15 is 0 Å². The Morgan fingerprint density at radius 3 is 2.67 bits per heavy atom. The van der Waals surface area contributed by atoms with Gasteiger partial charge in [-0.25, -0.2) is 0 Å². The Bertz CT molecular complexity index is 195. The number of amides is 1. The second-order valence-electron chi connectivity index (χ2n) is 1.87. The number of thiocarbonyl (C=S) groups is 1. The van der Waals surface area contributed by atoms with Gasteiger partial charge in [-0.15, -0.1) is 0 Å². The summed E-state index contributed by atoms with van der Waals surface area (Å²) < 4.78 is 0. The molecular weight excluding hydrogens is 134 g/mol. The smallest absolute Gasteiger partial charge is 0.229 e. The maximum atomic E-state index is 10.6. The highest BCUT2D eigenvalue weighted by molar-refractivity contribution is 7.80. The molecule has 0 bridgehead atoms. The molecule has 1 aliphatic rings. The van der Waals surface area contributed by atoms with Crippen LogP contribution in [-0.2, 0) is 4.79 Å². The lowest BCUT2D eigenvalue weighted by Crippen LogP contribution is -2.17.